The zero-order valence-corrected chi connectivity index (χ0v) is 19.5. The molecule has 0 unspecified atom stereocenters. The second-order valence-electron chi connectivity index (χ2n) is 7.84. The molecule has 0 aliphatic heterocycles. The van der Waals surface area contributed by atoms with Crippen molar-refractivity contribution in [2.75, 3.05) is 0 Å². The third kappa shape index (κ3) is 4.50. The molecule has 0 aromatic heterocycles. The van der Waals surface area contributed by atoms with Crippen molar-refractivity contribution in [3.05, 3.63) is 27.8 Å². The molecule has 1 aromatic rings. The Balaban J connectivity index is 0.00000400. The van der Waals surface area contributed by atoms with Crippen LogP contribution in [0, 0.1) is 0 Å². The maximum absolute atomic E-state index is 2.36. The first-order valence-corrected chi connectivity index (χ1v) is 8.47. The SMILES string of the molecule is CC(C)c1c(C(C)C)c(C(C)C)[c-](C(C)C)c1C(C)C.[K+]. The minimum absolute atomic E-state index is 0. The monoisotopic (exact) mass is 314 g/mol. The Morgan fingerprint density at radius 1 is 0.524 bits per heavy atom. The molecule has 0 nitrogen and oxygen atoms in total. The van der Waals surface area contributed by atoms with Gasteiger partial charge in [0.05, 0.1) is 0 Å². The second kappa shape index (κ2) is 8.73. The molecule has 1 heteroatoms. The van der Waals surface area contributed by atoms with E-state index >= 15 is 0 Å². The minimum atomic E-state index is 0. The van der Waals surface area contributed by atoms with Gasteiger partial charge < -0.3 is 0 Å². The maximum Gasteiger partial charge on any atom is 1.00 e. The summed E-state index contributed by atoms with van der Waals surface area (Å²) in [4.78, 5) is 0. The first-order chi connectivity index (χ1) is 9.11. The van der Waals surface area contributed by atoms with Gasteiger partial charge in [-0.3, -0.25) is 0 Å². The average Bonchev–Trinajstić information content (AvgIpc) is 2.64. The van der Waals surface area contributed by atoms with Gasteiger partial charge in [0.1, 0.15) is 0 Å². The molecule has 21 heavy (non-hydrogen) atoms. The molecule has 0 atom stereocenters. The fourth-order valence-corrected chi connectivity index (χ4v) is 3.84. The number of hydrogen-bond donors (Lipinski definition) is 0. The smallest absolute Gasteiger partial charge is 0.189 e. The zero-order chi connectivity index (χ0) is 15.8. The van der Waals surface area contributed by atoms with E-state index in [2.05, 4.69) is 69.2 Å². The summed E-state index contributed by atoms with van der Waals surface area (Å²) in [6.45, 7) is 23.6. The van der Waals surface area contributed by atoms with E-state index in [1.165, 1.54) is 0 Å². The second-order valence-corrected chi connectivity index (χ2v) is 7.84. The Morgan fingerprint density at radius 3 is 0.952 bits per heavy atom. The number of hydrogen-bond acceptors (Lipinski definition) is 0. The van der Waals surface area contributed by atoms with Crippen LogP contribution in [0.4, 0.5) is 0 Å². The van der Waals surface area contributed by atoms with E-state index in [1.807, 2.05) is 0 Å². The summed E-state index contributed by atoms with van der Waals surface area (Å²) in [5, 5.41) is 0. The van der Waals surface area contributed by atoms with Gasteiger partial charge in [0.15, 0.2) is 0 Å². The Bertz CT molecular complexity index is 330. The molecule has 0 N–H and O–H groups in total. The predicted molar refractivity (Wildman–Crippen MR) is 92.5 cm³/mol. The molecular weight excluding hydrogens is 279 g/mol. The molecular formula is C20H35K. The van der Waals surface area contributed by atoms with Gasteiger partial charge in [-0.2, -0.15) is 22.3 Å². The van der Waals surface area contributed by atoms with Gasteiger partial charge in [0.25, 0.3) is 0 Å². The quantitative estimate of drug-likeness (QED) is 0.569. The van der Waals surface area contributed by atoms with Crippen molar-refractivity contribution in [2.45, 2.75) is 98.8 Å². The topological polar surface area (TPSA) is 0 Å². The third-order valence-electron chi connectivity index (χ3n) is 4.34. The molecule has 0 fully saturated rings. The van der Waals surface area contributed by atoms with Crippen molar-refractivity contribution >= 4 is 0 Å². The fraction of sp³-hybridized carbons (Fsp3) is 0.750. The van der Waals surface area contributed by atoms with Gasteiger partial charge in [-0.05, 0) is 11.8 Å². The van der Waals surface area contributed by atoms with E-state index in [4.69, 9.17) is 0 Å². The van der Waals surface area contributed by atoms with Crippen molar-refractivity contribution in [3.8, 4) is 0 Å². The molecule has 0 spiro atoms. The van der Waals surface area contributed by atoms with E-state index in [-0.39, 0.29) is 51.4 Å². The Hall–Kier alpha value is 0.986. The third-order valence-corrected chi connectivity index (χ3v) is 4.34. The van der Waals surface area contributed by atoms with Crippen molar-refractivity contribution in [2.24, 2.45) is 0 Å². The van der Waals surface area contributed by atoms with Crippen LogP contribution in [0.3, 0.4) is 0 Å². The van der Waals surface area contributed by atoms with E-state index in [1.54, 1.807) is 27.8 Å². The predicted octanol–water partition coefficient (Wildman–Crippen LogP) is 4.03. The first kappa shape index (κ1) is 22.0. The van der Waals surface area contributed by atoms with Gasteiger partial charge in [0, 0.05) is 0 Å². The van der Waals surface area contributed by atoms with Gasteiger partial charge >= 0.3 is 51.4 Å². The summed E-state index contributed by atoms with van der Waals surface area (Å²) in [5.41, 5.74) is 8.28. The van der Waals surface area contributed by atoms with E-state index in [9.17, 15) is 0 Å². The molecule has 0 heterocycles. The molecule has 0 radical (unpaired) electrons. The van der Waals surface area contributed by atoms with Crippen molar-refractivity contribution in [3.63, 3.8) is 0 Å². The van der Waals surface area contributed by atoms with Crippen LogP contribution in [0.1, 0.15) is 127 Å². The largest absolute Gasteiger partial charge is 1.00 e. The van der Waals surface area contributed by atoms with Crippen LogP contribution < -0.4 is 51.4 Å². The Kier molecular flexibility index (Phi) is 9.14. The van der Waals surface area contributed by atoms with Crippen molar-refractivity contribution < 1.29 is 51.4 Å². The Labute approximate surface area is 176 Å². The molecule has 0 amide bonds. The van der Waals surface area contributed by atoms with Gasteiger partial charge in [-0.25, -0.2) is 0 Å². The van der Waals surface area contributed by atoms with E-state index < -0.39 is 0 Å². The molecule has 1 rings (SSSR count). The molecule has 0 saturated carbocycles. The molecule has 116 valence electrons. The summed E-state index contributed by atoms with van der Waals surface area (Å²) in [7, 11) is 0. The van der Waals surface area contributed by atoms with Crippen LogP contribution in [0.25, 0.3) is 0 Å². The average molecular weight is 315 g/mol. The van der Waals surface area contributed by atoms with Crippen molar-refractivity contribution in [1.82, 2.24) is 0 Å². The van der Waals surface area contributed by atoms with E-state index in [0.29, 0.717) is 29.6 Å². The molecule has 1 aromatic carbocycles. The molecule has 0 bridgehead atoms. The van der Waals surface area contributed by atoms with Crippen LogP contribution in [-0.2, 0) is 0 Å². The fourth-order valence-electron chi connectivity index (χ4n) is 3.84. The van der Waals surface area contributed by atoms with Gasteiger partial charge in [0.2, 0.25) is 0 Å². The van der Waals surface area contributed by atoms with Crippen LogP contribution >= 0.6 is 0 Å². The Morgan fingerprint density at radius 2 is 0.810 bits per heavy atom. The summed E-state index contributed by atoms with van der Waals surface area (Å²) < 4.78 is 0. The van der Waals surface area contributed by atoms with Crippen molar-refractivity contribution in [1.29, 1.82) is 0 Å². The number of rotatable bonds is 5. The molecule has 0 aliphatic carbocycles. The van der Waals surface area contributed by atoms with Crippen LogP contribution in [-0.4, -0.2) is 0 Å². The summed E-state index contributed by atoms with van der Waals surface area (Å²) >= 11 is 0. The van der Waals surface area contributed by atoms with Gasteiger partial charge in [-0.15, -0.1) is 5.56 Å². The van der Waals surface area contributed by atoms with Crippen LogP contribution in [0.15, 0.2) is 0 Å². The van der Waals surface area contributed by atoms with Crippen LogP contribution in [0.2, 0.25) is 0 Å². The molecule has 0 aliphatic rings. The van der Waals surface area contributed by atoms with Crippen LogP contribution in [0.5, 0.6) is 0 Å². The summed E-state index contributed by atoms with van der Waals surface area (Å²) in [6.07, 6.45) is 0. The normalized spacial score (nSPS) is 12.1. The zero-order valence-electron chi connectivity index (χ0n) is 16.4. The van der Waals surface area contributed by atoms with Gasteiger partial charge in [-0.1, -0.05) is 87.0 Å². The molecule has 0 saturated heterocycles. The van der Waals surface area contributed by atoms with E-state index in [0.717, 1.165) is 0 Å². The first-order valence-electron chi connectivity index (χ1n) is 8.47. The summed E-state index contributed by atoms with van der Waals surface area (Å²) in [6, 6.07) is 0. The minimum Gasteiger partial charge on any atom is -0.189 e. The maximum atomic E-state index is 2.36. The summed E-state index contributed by atoms with van der Waals surface area (Å²) in [5.74, 6) is 3.10. The standard InChI is InChI=1S/C20H35.K/c1-11(2)16-17(12(3)4)19(14(7)8)20(15(9)10)18(16)13(5)6;/h11-15H,1-10H3;/q-1;+1.